The van der Waals surface area contributed by atoms with E-state index in [1.54, 1.807) is 0 Å². The second-order valence-electron chi connectivity index (χ2n) is 5.20. The Morgan fingerprint density at radius 3 is 2.75 bits per heavy atom. The van der Waals surface area contributed by atoms with Crippen LogP contribution in [0.25, 0.3) is 0 Å². The summed E-state index contributed by atoms with van der Waals surface area (Å²) < 4.78 is 0. The summed E-state index contributed by atoms with van der Waals surface area (Å²) in [5, 5.41) is 3.12. The van der Waals surface area contributed by atoms with E-state index >= 15 is 0 Å². The van der Waals surface area contributed by atoms with Crippen molar-refractivity contribution >= 4 is 5.91 Å². The van der Waals surface area contributed by atoms with Crippen molar-refractivity contribution in [2.45, 2.75) is 32.7 Å². The Morgan fingerprint density at radius 1 is 1.56 bits per heavy atom. The molecule has 0 bridgehead atoms. The molecule has 1 fully saturated rings. The number of amides is 1. The molecular weight excluding hydrogens is 202 g/mol. The second-order valence-corrected chi connectivity index (χ2v) is 5.20. The molecule has 1 aliphatic rings. The Labute approximate surface area is 98.6 Å². The summed E-state index contributed by atoms with van der Waals surface area (Å²) in [4.78, 5) is 14.2. The molecule has 16 heavy (non-hydrogen) atoms. The van der Waals surface area contributed by atoms with E-state index in [-0.39, 0.29) is 11.8 Å². The summed E-state index contributed by atoms with van der Waals surface area (Å²) in [6.45, 7) is 6.62. The maximum atomic E-state index is 12.0. The van der Waals surface area contributed by atoms with E-state index in [2.05, 4.69) is 17.3 Å². The molecule has 0 saturated carbocycles. The summed E-state index contributed by atoms with van der Waals surface area (Å²) in [5.74, 6) is 0.386. The van der Waals surface area contributed by atoms with Crippen molar-refractivity contribution in [3.63, 3.8) is 0 Å². The van der Waals surface area contributed by atoms with E-state index in [1.165, 1.54) is 0 Å². The number of carbonyl (C=O) groups is 1. The zero-order valence-electron chi connectivity index (χ0n) is 10.7. The zero-order valence-corrected chi connectivity index (χ0v) is 10.7. The molecule has 0 aromatic carbocycles. The Kier molecular flexibility index (Phi) is 5.22. The number of likely N-dealkylation sites (tertiary alicyclic amines) is 1. The Balaban J connectivity index is 2.43. The largest absolute Gasteiger partial charge is 0.352 e. The molecule has 1 aliphatic heterocycles. The van der Waals surface area contributed by atoms with Gasteiger partial charge < -0.3 is 16.0 Å². The Bertz CT molecular complexity index is 230. The molecule has 1 rings (SSSR count). The van der Waals surface area contributed by atoms with Gasteiger partial charge in [0.2, 0.25) is 5.91 Å². The fourth-order valence-corrected chi connectivity index (χ4v) is 2.27. The minimum atomic E-state index is -0.0489. The van der Waals surface area contributed by atoms with Crippen LogP contribution in [0.3, 0.4) is 0 Å². The zero-order chi connectivity index (χ0) is 12.1. The van der Waals surface area contributed by atoms with Crippen LogP contribution in [-0.4, -0.2) is 43.5 Å². The topological polar surface area (TPSA) is 58.4 Å². The van der Waals surface area contributed by atoms with Gasteiger partial charge in [0.15, 0.2) is 0 Å². The van der Waals surface area contributed by atoms with Gasteiger partial charge in [0.25, 0.3) is 0 Å². The van der Waals surface area contributed by atoms with Crippen LogP contribution in [0.2, 0.25) is 0 Å². The van der Waals surface area contributed by atoms with E-state index in [0.29, 0.717) is 18.5 Å². The van der Waals surface area contributed by atoms with Crippen LogP contribution >= 0.6 is 0 Å². The van der Waals surface area contributed by atoms with Crippen LogP contribution < -0.4 is 11.1 Å². The molecule has 1 amide bonds. The number of piperidine rings is 1. The lowest BCUT2D eigenvalue weighted by molar-refractivity contribution is -0.127. The number of hydrogen-bond donors (Lipinski definition) is 2. The predicted molar refractivity (Wildman–Crippen MR) is 66.0 cm³/mol. The standard InChI is InChI=1S/C12H25N3O/c1-9(2)11(7-13)12(16)14-10-5-4-6-15(3)8-10/h9-11H,4-8,13H2,1-3H3,(H,14,16). The minimum absolute atomic E-state index is 0.0489. The fourth-order valence-electron chi connectivity index (χ4n) is 2.27. The fraction of sp³-hybridized carbons (Fsp3) is 0.917. The third kappa shape index (κ3) is 3.76. The highest BCUT2D eigenvalue weighted by atomic mass is 16.2. The third-order valence-corrected chi connectivity index (χ3v) is 3.37. The van der Waals surface area contributed by atoms with Crippen LogP contribution in [0.5, 0.6) is 0 Å². The molecule has 94 valence electrons. The monoisotopic (exact) mass is 227 g/mol. The lowest BCUT2D eigenvalue weighted by Crippen LogP contribution is -2.49. The van der Waals surface area contributed by atoms with Gasteiger partial charge in [0.1, 0.15) is 0 Å². The van der Waals surface area contributed by atoms with Crippen molar-refractivity contribution in [2.75, 3.05) is 26.7 Å². The van der Waals surface area contributed by atoms with Crippen molar-refractivity contribution in [3.8, 4) is 0 Å². The summed E-state index contributed by atoms with van der Waals surface area (Å²) in [6.07, 6.45) is 2.25. The molecule has 0 radical (unpaired) electrons. The van der Waals surface area contributed by atoms with Crippen LogP contribution in [0, 0.1) is 11.8 Å². The van der Waals surface area contributed by atoms with Gasteiger partial charge in [-0.3, -0.25) is 4.79 Å². The number of nitrogens with two attached hydrogens (primary N) is 1. The summed E-state index contributed by atoms with van der Waals surface area (Å²) >= 11 is 0. The molecule has 0 aromatic rings. The van der Waals surface area contributed by atoms with Gasteiger partial charge in [-0.25, -0.2) is 0 Å². The number of rotatable bonds is 4. The Morgan fingerprint density at radius 2 is 2.25 bits per heavy atom. The van der Waals surface area contributed by atoms with Gasteiger partial charge in [0.05, 0.1) is 5.92 Å². The lowest BCUT2D eigenvalue weighted by Gasteiger charge is -2.31. The first-order chi connectivity index (χ1) is 7.54. The van der Waals surface area contributed by atoms with Crippen molar-refractivity contribution in [1.29, 1.82) is 0 Å². The van der Waals surface area contributed by atoms with Gasteiger partial charge in [0, 0.05) is 19.1 Å². The summed E-state index contributed by atoms with van der Waals surface area (Å²) in [7, 11) is 2.10. The van der Waals surface area contributed by atoms with Gasteiger partial charge in [-0.05, 0) is 32.4 Å². The molecule has 2 atom stereocenters. The highest BCUT2D eigenvalue weighted by molar-refractivity contribution is 5.79. The number of hydrogen-bond acceptors (Lipinski definition) is 3. The summed E-state index contributed by atoms with van der Waals surface area (Å²) in [6, 6.07) is 0.305. The maximum absolute atomic E-state index is 12.0. The quantitative estimate of drug-likeness (QED) is 0.732. The molecule has 1 heterocycles. The maximum Gasteiger partial charge on any atom is 0.224 e. The molecule has 4 nitrogen and oxygen atoms in total. The minimum Gasteiger partial charge on any atom is -0.352 e. The van der Waals surface area contributed by atoms with Crippen LogP contribution in [-0.2, 0) is 4.79 Å². The average Bonchev–Trinajstić information content (AvgIpc) is 2.17. The van der Waals surface area contributed by atoms with Crippen LogP contribution in [0.15, 0.2) is 0 Å². The first-order valence-corrected chi connectivity index (χ1v) is 6.23. The predicted octanol–water partition coefficient (Wildman–Crippen LogP) is 0.428. The van der Waals surface area contributed by atoms with Gasteiger partial charge >= 0.3 is 0 Å². The van der Waals surface area contributed by atoms with Crippen LogP contribution in [0.4, 0.5) is 0 Å². The smallest absolute Gasteiger partial charge is 0.224 e. The van der Waals surface area contributed by atoms with Gasteiger partial charge in [-0.15, -0.1) is 0 Å². The van der Waals surface area contributed by atoms with Crippen molar-refractivity contribution < 1.29 is 4.79 Å². The van der Waals surface area contributed by atoms with Gasteiger partial charge in [-0.2, -0.15) is 0 Å². The number of nitrogens with zero attached hydrogens (tertiary/aromatic N) is 1. The second kappa shape index (κ2) is 6.21. The summed E-state index contributed by atoms with van der Waals surface area (Å²) in [5.41, 5.74) is 5.64. The van der Waals surface area contributed by atoms with Crippen molar-refractivity contribution in [2.24, 2.45) is 17.6 Å². The molecule has 0 aromatic heterocycles. The molecule has 4 heteroatoms. The van der Waals surface area contributed by atoms with Crippen molar-refractivity contribution in [1.82, 2.24) is 10.2 Å². The SMILES string of the molecule is CC(C)C(CN)C(=O)NC1CCCN(C)C1. The lowest BCUT2D eigenvalue weighted by atomic mass is 9.94. The molecule has 3 N–H and O–H groups in total. The van der Waals surface area contributed by atoms with E-state index in [9.17, 15) is 4.79 Å². The highest BCUT2D eigenvalue weighted by Crippen LogP contribution is 2.12. The first kappa shape index (κ1) is 13.5. The molecule has 1 saturated heterocycles. The number of nitrogens with one attached hydrogen (secondary N) is 1. The van der Waals surface area contributed by atoms with E-state index in [4.69, 9.17) is 5.73 Å². The van der Waals surface area contributed by atoms with E-state index < -0.39 is 0 Å². The molecular formula is C12H25N3O. The number of likely N-dealkylation sites (N-methyl/N-ethyl adjacent to an activating group) is 1. The first-order valence-electron chi connectivity index (χ1n) is 6.23. The molecule has 2 unspecified atom stereocenters. The van der Waals surface area contributed by atoms with Gasteiger partial charge in [-0.1, -0.05) is 13.8 Å². The highest BCUT2D eigenvalue weighted by Gasteiger charge is 2.24. The van der Waals surface area contributed by atoms with E-state index in [1.807, 2.05) is 13.8 Å². The average molecular weight is 227 g/mol. The molecule has 0 aliphatic carbocycles. The van der Waals surface area contributed by atoms with Crippen LogP contribution in [0.1, 0.15) is 26.7 Å². The molecule has 0 spiro atoms. The Hall–Kier alpha value is -0.610. The number of carbonyl (C=O) groups excluding carboxylic acids is 1. The van der Waals surface area contributed by atoms with E-state index in [0.717, 1.165) is 25.9 Å². The normalized spacial score (nSPS) is 24.4. The third-order valence-electron chi connectivity index (χ3n) is 3.37. The van der Waals surface area contributed by atoms with Crippen molar-refractivity contribution in [3.05, 3.63) is 0 Å².